The number of aromatic nitrogens is 1. The molecule has 2 aromatic rings. The second kappa shape index (κ2) is 6.82. The van der Waals surface area contributed by atoms with Gasteiger partial charge in [0.1, 0.15) is 11.9 Å². The minimum Gasteiger partial charge on any atom is -0.493 e. The lowest BCUT2D eigenvalue weighted by atomic mass is 10.2. The van der Waals surface area contributed by atoms with Gasteiger partial charge in [-0.15, -0.1) is 0 Å². The van der Waals surface area contributed by atoms with Crippen molar-refractivity contribution in [1.29, 1.82) is 5.26 Å². The maximum absolute atomic E-state index is 8.90. The second-order valence-corrected chi connectivity index (χ2v) is 4.59. The summed E-state index contributed by atoms with van der Waals surface area (Å²) in [5.74, 6) is 1.93. The van der Waals surface area contributed by atoms with E-state index in [1.165, 1.54) is 0 Å². The summed E-state index contributed by atoms with van der Waals surface area (Å²) in [6.07, 6.45) is 0. The molecule has 0 aliphatic carbocycles. The van der Waals surface area contributed by atoms with E-state index in [0.29, 0.717) is 28.9 Å². The van der Waals surface area contributed by atoms with Gasteiger partial charge in [-0.05, 0) is 29.8 Å². The molecule has 0 amide bonds. The molecule has 108 valence electrons. The molecule has 0 saturated heterocycles. The van der Waals surface area contributed by atoms with Crippen molar-refractivity contribution in [2.45, 2.75) is 6.54 Å². The van der Waals surface area contributed by atoms with Gasteiger partial charge in [-0.1, -0.05) is 17.7 Å². The lowest BCUT2D eigenvalue weighted by Crippen LogP contribution is -2.03. The lowest BCUT2D eigenvalue weighted by molar-refractivity contribution is 0.354. The molecule has 1 N–H and O–H groups in total. The van der Waals surface area contributed by atoms with E-state index in [9.17, 15) is 0 Å². The van der Waals surface area contributed by atoms with E-state index in [0.717, 1.165) is 5.56 Å². The summed E-state index contributed by atoms with van der Waals surface area (Å²) in [6, 6.07) is 11.0. The summed E-state index contributed by atoms with van der Waals surface area (Å²) in [5, 5.41) is 12.4. The Morgan fingerprint density at radius 2 is 1.95 bits per heavy atom. The van der Waals surface area contributed by atoms with Crippen LogP contribution in [0.5, 0.6) is 11.5 Å². The van der Waals surface area contributed by atoms with Crippen molar-refractivity contribution >= 4 is 17.4 Å². The fourth-order valence-corrected chi connectivity index (χ4v) is 1.95. The fraction of sp³-hybridized carbons (Fsp3) is 0.200. The highest BCUT2D eigenvalue weighted by Crippen LogP contribution is 2.27. The van der Waals surface area contributed by atoms with Gasteiger partial charge in [0, 0.05) is 6.54 Å². The number of nitrogens with zero attached hydrogens (tertiary/aromatic N) is 2. The number of hydrogen-bond donors (Lipinski definition) is 1. The number of nitriles is 1. The Balaban J connectivity index is 2.11. The molecule has 6 heteroatoms. The Labute approximate surface area is 128 Å². The van der Waals surface area contributed by atoms with Crippen LogP contribution in [0.1, 0.15) is 11.3 Å². The molecule has 2 rings (SSSR count). The monoisotopic (exact) mass is 303 g/mol. The summed E-state index contributed by atoms with van der Waals surface area (Å²) in [6.45, 7) is 0.542. The first kappa shape index (κ1) is 14.9. The topological polar surface area (TPSA) is 67.2 Å². The Bertz CT molecular complexity index is 683. The number of anilines is 1. The minimum atomic E-state index is 0.203. The first-order valence-corrected chi connectivity index (χ1v) is 6.57. The molecule has 1 aromatic carbocycles. The van der Waals surface area contributed by atoms with Crippen LogP contribution in [0.4, 0.5) is 5.82 Å². The number of nitrogens with one attached hydrogen (secondary N) is 1. The van der Waals surface area contributed by atoms with Gasteiger partial charge in [0.15, 0.2) is 17.2 Å². The molecule has 0 bridgehead atoms. The van der Waals surface area contributed by atoms with E-state index in [-0.39, 0.29) is 5.69 Å². The summed E-state index contributed by atoms with van der Waals surface area (Å²) < 4.78 is 10.4. The molecule has 0 radical (unpaired) electrons. The Hall–Kier alpha value is -2.45. The van der Waals surface area contributed by atoms with Crippen molar-refractivity contribution in [3.63, 3.8) is 0 Å². The average molecular weight is 304 g/mol. The third-order valence-electron chi connectivity index (χ3n) is 2.87. The van der Waals surface area contributed by atoms with Crippen LogP contribution in [0, 0.1) is 11.3 Å². The molecule has 0 unspecified atom stereocenters. The molecule has 0 saturated carbocycles. The van der Waals surface area contributed by atoms with Crippen LogP contribution in [0.3, 0.4) is 0 Å². The van der Waals surface area contributed by atoms with Crippen molar-refractivity contribution < 1.29 is 9.47 Å². The van der Waals surface area contributed by atoms with Gasteiger partial charge in [-0.2, -0.15) is 5.26 Å². The largest absolute Gasteiger partial charge is 0.493 e. The van der Waals surface area contributed by atoms with Crippen molar-refractivity contribution in [3.05, 3.63) is 46.6 Å². The number of benzene rings is 1. The van der Waals surface area contributed by atoms with Crippen molar-refractivity contribution in [3.8, 4) is 17.6 Å². The Kier molecular flexibility index (Phi) is 4.85. The van der Waals surface area contributed by atoms with Gasteiger partial charge >= 0.3 is 0 Å². The van der Waals surface area contributed by atoms with Crippen LogP contribution in [-0.2, 0) is 6.54 Å². The highest BCUT2D eigenvalue weighted by Gasteiger charge is 2.06. The van der Waals surface area contributed by atoms with E-state index in [1.807, 2.05) is 24.3 Å². The summed E-state index contributed by atoms with van der Waals surface area (Å²) in [7, 11) is 3.19. The van der Waals surface area contributed by atoms with E-state index < -0.39 is 0 Å². The number of rotatable bonds is 5. The standard InChI is InChI=1S/C15H14ClN3O2/c1-20-13-5-3-10(7-14(13)21-2)9-18-15-6-4-11(16)12(8-17)19-15/h3-7H,9H2,1-2H3,(H,18,19). The van der Waals surface area contributed by atoms with Crippen LogP contribution in [0.15, 0.2) is 30.3 Å². The first-order valence-electron chi connectivity index (χ1n) is 6.19. The molecule has 21 heavy (non-hydrogen) atoms. The zero-order chi connectivity index (χ0) is 15.2. The number of pyridine rings is 1. The second-order valence-electron chi connectivity index (χ2n) is 4.18. The normalized spacial score (nSPS) is 9.81. The van der Waals surface area contributed by atoms with Crippen LogP contribution < -0.4 is 14.8 Å². The molecule has 0 atom stereocenters. The van der Waals surface area contributed by atoms with Crippen molar-refractivity contribution in [2.75, 3.05) is 19.5 Å². The number of ether oxygens (including phenoxy) is 2. The number of halogens is 1. The quantitative estimate of drug-likeness (QED) is 0.918. The number of methoxy groups -OCH3 is 2. The van der Waals surface area contributed by atoms with Crippen LogP contribution in [0.25, 0.3) is 0 Å². The molecule has 5 nitrogen and oxygen atoms in total. The lowest BCUT2D eigenvalue weighted by Gasteiger charge is -2.10. The molecule has 1 aromatic heterocycles. The van der Waals surface area contributed by atoms with E-state index >= 15 is 0 Å². The van der Waals surface area contributed by atoms with E-state index in [1.54, 1.807) is 26.4 Å². The van der Waals surface area contributed by atoms with Crippen LogP contribution in [-0.4, -0.2) is 19.2 Å². The SMILES string of the molecule is COc1ccc(CNc2ccc(Cl)c(C#N)n2)cc1OC. The smallest absolute Gasteiger partial charge is 0.161 e. The Morgan fingerprint density at radius 1 is 1.19 bits per heavy atom. The zero-order valence-electron chi connectivity index (χ0n) is 11.7. The van der Waals surface area contributed by atoms with Crippen LogP contribution >= 0.6 is 11.6 Å². The number of hydrogen-bond acceptors (Lipinski definition) is 5. The highest BCUT2D eigenvalue weighted by molar-refractivity contribution is 6.31. The molecule has 0 aliphatic rings. The molecular weight excluding hydrogens is 290 g/mol. The molecule has 0 fully saturated rings. The van der Waals surface area contributed by atoms with Gasteiger partial charge in [-0.3, -0.25) is 0 Å². The molecule has 0 spiro atoms. The minimum absolute atomic E-state index is 0.203. The molecule has 1 heterocycles. The van der Waals surface area contributed by atoms with Gasteiger partial charge in [-0.25, -0.2) is 4.98 Å². The first-order chi connectivity index (χ1) is 10.2. The van der Waals surface area contributed by atoms with Gasteiger partial charge < -0.3 is 14.8 Å². The summed E-state index contributed by atoms with van der Waals surface area (Å²) in [5.41, 5.74) is 1.21. The third kappa shape index (κ3) is 3.56. The van der Waals surface area contributed by atoms with Crippen LogP contribution in [0.2, 0.25) is 5.02 Å². The molecule has 0 aliphatic heterocycles. The Morgan fingerprint density at radius 3 is 2.62 bits per heavy atom. The summed E-state index contributed by atoms with van der Waals surface area (Å²) >= 11 is 5.84. The predicted octanol–water partition coefficient (Wildman–Crippen LogP) is 3.24. The maximum atomic E-state index is 8.90. The fourth-order valence-electron chi connectivity index (χ4n) is 1.80. The average Bonchev–Trinajstić information content (AvgIpc) is 2.53. The zero-order valence-corrected chi connectivity index (χ0v) is 12.4. The van der Waals surface area contributed by atoms with Gasteiger partial charge in [0.05, 0.1) is 19.2 Å². The maximum Gasteiger partial charge on any atom is 0.161 e. The van der Waals surface area contributed by atoms with E-state index in [4.69, 9.17) is 26.3 Å². The van der Waals surface area contributed by atoms with E-state index in [2.05, 4.69) is 10.3 Å². The highest BCUT2D eigenvalue weighted by atomic mass is 35.5. The van der Waals surface area contributed by atoms with Gasteiger partial charge in [0.25, 0.3) is 0 Å². The third-order valence-corrected chi connectivity index (χ3v) is 3.18. The van der Waals surface area contributed by atoms with Crippen molar-refractivity contribution in [2.24, 2.45) is 0 Å². The van der Waals surface area contributed by atoms with Gasteiger partial charge in [0.2, 0.25) is 0 Å². The summed E-state index contributed by atoms with van der Waals surface area (Å²) in [4.78, 5) is 4.12. The predicted molar refractivity (Wildman–Crippen MR) is 80.8 cm³/mol. The molecular formula is C15H14ClN3O2. The van der Waals surface area contributed by atoms with Crippen molar-refractivity contribution in [1.82, 2.24) is 4.98 Å².